The Morgan fingerprint density at radius 1 is 0.316 bits per heavy atom. The lowest BCUT2D eigenvalue weighted by Crippen LogP contribution is -2.00. The predicted molar refractivity (Wildman–Crippen MR) is 231 cm³/mol. The smallest absolute Gasteiger partial charge is 0.164 e. The van der Waals surface area contributed by atoms with Crippen LogP contribution in [0.4, 0.5) is 0 Å². The first-order chi connectivity index (χ1) is 28.2. The van der Waals surface area contributed by atoms with Crippen molar-refractivity contribution in [2.75, 3.05) is 0 Å². The second-order valence-electron chi connectivity index (χ2n) is 14.7. The maximum atomic E-state index is 6.58. The van der Waals surface area contributed by atoms with E-state index in [0.29, 0.717) is 17.5 Å². The molecule has 4 heterocycles. The largest absolute Gasteiger partial charge is 0.456 e. The van der Waals surface area contributed by atoms with Crippen LogP contribution >= 0.6 is 0 Å². The number of nitrogens with zero attached hydrogens (tertiary/aromatic N) is 4. The molecule has 6 nitrogen and oxygen atoms in total. The average molecular weight is 729 g/mol. The van der Waals surface area contributed by atoms with Crippen LogP contribution in [0.5, 0.6) is 0 Å². The highest BCUT2D eigenvalue weighted by Gasteiger charge is 2.23. The van der Waals surface area contributed by atoms with Crippen LogP contribution in [0.25, 0.3) is 127 Å². The van der Waals surface area contributed by atoms with Crippen LogP contribution < -0.4 is 0 Å². The molecule has 0 amide bonds. The molecule has 6 heteroatoms. The number of hydrogen-bond acceptors (Lipinski definition) is 5. The van der Waals surface area contributed by atoms with Crippen LogP contribution in [0.15, 0.2) is 179 Å². The van der Waals surface area contributed by atoms with Crippen molar-refractivity contribution in [3.05, 3.63) is 170 Å². The molecule has 0 unspecified atom stereocenters. The van der Waals surface area contributed by atoms with E-state index >= 15 is 0 Å². The summed E-state index contributed by atoms with van der Waals surface area (Å²) in [5, 5.41) is 11.7. The molecule has 264 valence electrons. The van der Waals surface area contributed by atoms with E-state index in [9.17, 15) is 0 Å². The van der Waals surface area contributed by atoms with Gasteiger partial charge in [0.15, 0.2) is 17.5 Å². The van der Waals surface area contributed by atoms with Crippen LogP contribution in [-0.2, 0) is 0 Å². The molecule has 0 atom stereocenters. The minimum absolute atomic E-state index is 0.590. The fraction of sp³-hybridized carbons (Fsp3) is 0. The summed E-state index contributed by atoms with van der Waals surface area (Å²) < 4.78 is 15.5. The van der Waals surface area contributed by atoms with Gasteiger partial charge in [0.1, 0.15) is 22.3 Å². The third kappa shape index (κ3) is 4.32. The van der Waals surface area contributed by atoms with Crippen molar-refractivity contribution in [1.82, 2.24) is 19.5 Å². The van der Waals surface area contributed by atoms with Crippen molar-refractivity contribution in [1.29, 1.82) is 0 Å². The summed E-state index contributed by atoms with van der Waals surface area (Å²) in [6.45, 7) is 0. The lowest BCUT2D eigenvalue weighted by molar-refractivity contribution is 0.669. The third-order valence-electron chi connectivity index (χ3n) is 11.6. The molecule has 13 rings (SSSR count). The predicted octanol–water partition coefficient (Wildman–Crippen LogP) is 13.5. The van der Waals surface area contributed by atoms with Gasteiger partial charge in [0.25, 0.3) is 0 Å². The van der Waals surface area contributed by atoms with Gasteiger partial charge in [-0.3, -0.25) is 0 Å². The molecule has 0 radical (unpaired) electrons. The summed E-state index contributed by atoms with van der Waals surface area (Å²) in [5.74, 6) is 1.84. The highest BCUT2D eigenvalue weighted by atomic mass is 16.3. The number of benzene rings is 8. The van der Waals surface area contributed by atoms with Gasteiger partial charge in [-0.25, -0.2) is 15.0 Å². The molecule has 0 aliphatic rings. The third-order valence-corrected chi connectivity index (χ3v) is 11.6. The zero-order valence-corrected chi connectivity index (χ0v) is 30.3. The summed E-state index contributed by atoms with van der Waals surface area (Å²) in [6, 6.07) is 59.0. The molecule has 9 aromatic carbocycles. The first-order valence-corrected chi connectivity index (χ1v) is 19.1. The molecule has 0 aliphatic carbocycles. The topological polar surface area (TPSA) is 69.9 Å². The van der Waals surface area contributed by atoms with Gasteiger partial charge in [0, 0.05) is 54.7 Å². The average Bonchev–Trinajstić information content (AvgIpc) is 3.95. The number of rotatable bonds is 4. The van der Waals surface area contributed by atoms with Crippen molar-refractivity contribution in [3.63, 3.8) is 0 Å². The van der Waals surface area contributed by atoms with E-state index in [0.717, 1.165) is 77.3 Å². The number of hydrogen-bond donors (Lipinski definition) is 0. The Morgan fingerprint density at radius 3 is 1.63 bits per heavy atom. The number of furan rings is 2. The highest BCUT2D eigenvalue weighted by molar-refractivity contribution is 6.38. The minimum atomic E-state index is 0.590. The summed E-state index contributed by atoms with van der Waals surface area (Å²) in [5.41, 5.74) is 9.45. The van der Waals surface area contributed by atoms with Gasteiger partial charge in [0.2, 0.25) is 0 Å². The molecule has 4 aromatic heterocycles. The first kappa shape index (κ1) is 30.5. The Kier molecular flexibility index (Phi) is 6.07. The molecule has 0 fully saturated rings. The van der Waals surface area contributed by atoms with E-state index in [-0.39, 0.29) is 0 Å². The van der Waals surface area contributed by atoms with Crippen LogP contribution in [0.2, 0.25) is 0 Å². The lowest BCUT2D eigenvalue weighted by atomic mass is 9.95. The van der Waals surface area contributed by atoms with E-state index in [4.69, 9.17) is 23.8 Å². The van der Waals surface area contributed by atoms with Gasteiger partial charge in [0.05, 0.1) is 11.0 Å². The van der Waals surface area contributed by atoms with E-state index in [1.165, 1.54) is 32.3 Å². The zero-order chi connectivity index (χ0) is 37.2. The monoisotopic (exact) mass is 728 g/mol. The van der Waals surface area contributed by atoms with Gasteiger partial charge in [-0.05, 0) is 76.1 Å². The van der Waals surface area contributed by atoms with E-state index < -0.39 is 0 Å². The Labute approximate surface area is 324 Å². The molecule has 0 saturated heterocycles. The van der Waals surface area contributed by atoms with Crippen molar-refractivity contribution in [3.8, 4) is 39.9 Å². The van der Waals surface area contributed by atoms with Crippen molar-refractivity contribution < 1.29 is 8.83 Å². The molecule has 0 saturated carbocycles. The summed E-state index contributed by atoms with van der Waals surface area (Å²) >= 11 is 0. The standard InChI is InChI=1S/C51H28N4O2/c1-3-11-29(12-4-1)49-52-50(30-13-5-2-6-14-30)54-51(53-49)31-21-23-35-38-28-32(22-25-41(38)56-44(35)27-31)55-39-19-9-17-36-33-15-7-8-16-34(33)37-18-10-20-42-46(37)48-43(57-42)26-24-40(55)47(48)45(36)39/h1-28H. The van der Waals surface area contributed by atoms with Crippen LogP contribution in [0.1, 0.15) is 0 Å². The molecule has 0 bridgehead atoms. The molecular formula is C51H28N4O2. The van der Waals surface area contributed by atoms with Crippen molar-refractivity contribution >= 4 is 87.2 Å². The van der Waals surface area contributed by atoms with Crippen LogP contribution in [0, 0.1) is 0 Å². The summed E-state index contributed by atoms with van der Waals surface area (Å²) in [6.07, 6.45) is 0. The van der Waals surface area contributed by atoms with Crippen molar-refractivity contribution in [2.24, 2.45) is 0 Å². The fourth-order valence-electron chi connectivity index (χ4n) is 9.12. The van der Waals surface area contributed by atoms with Gasteiger partial charge in [-0.15, -0.1) is 0 Å². The highest BCUT2D eigenvalue weighted by Crippen LogP contribution is 2.47. The molecule has 0 spiro atoms. The molecule has 0 aliphatic heterocycles. The summed E-state index contributed by atoms with van der Waals surface area (Å²) in [4.78, 5) is 14.8. The van der Waals surface area contributed by atoms with E-state index in [2.05, 4.69) is 108 Å². The van der Waals surface area contributed by atoms with E-state index in [1.807, 2.05) is 66.7 Å². The van der Waals surface area contributed by atoms with Gasteiger partial charge >= 0.3 is 0 Å². The lowest BCUT2D eigenvalue weighted by Gasteiger charge is -2.08. The number of fused-ring (bicyclic) bond motifs is 6. The zero-order valence-electron chi connectivity index (χ0n) is 30.3. The quantitative estimate of drug-likeness (QED) is 0.180. The van der Waals surface area contributed by atoms with Gasteiger partial charge in [-0.2, -0.15) is 0 Å². The molecule has 0 N–H and O–H groups in total. The first-order valence-electron chi connectivity index (χ1n) is 19.1. The Hall–Kier alpha value is -7.83. The fourth-order valence-corrected chi connectivity index (χ4v) is 9.12. The molecular weight excluding hydrogens is 701 g/mol. The Bertz CT molecular complexity index is 3690. The maximum Gasteiger partial charge on any atom is 0.164 e. The normalized spacial score (nSPS) is 12.2. The second-order valence-corrected chi connectivity index (χ2v) is 14.7. The SMILES string of the molecule is c1ccc(-c2nc(-c3ccccc3)nc(-c3ccc4c(c3)oc3ccc(-n5c6cccc7c8ccccc8c8cccc9oc%10ccc5c(c%10c98)c76)cc34)n2)cc1. The Balaban J connectivity index is 1.03. The minimum Gasteiger partial charge on any atom is -0.456 e. The second kappa shape index (κ2) is 11.4. The maximum absolute atomic E-state index is 6.58. The number of aromatic nitrogens is 4. The Morgan fingerprint density at radius 2 is 0.895 bits per heavy atom. The summed E-state index contributed by atoms with van der Waals surface area (Å²) in [7, 11) is 0. The van der Waals surface area contributed by atoms with Crippen LogP contribution in [-0.4, -0.2) is 19.5 Å². The van der Waals surface area contributed by atoms with Crippen molar-refractivity contribution in [2.45, 2.75) is 0 Å². The van der Waals surface area contributed by atoms with E-state index in [1.54, 1.807) is 0 Å². The molecule has 13 aromatic rings. The molecule has 57 heavy (non-hydrogen) atoms. The van der Waals surface area contributed by atoms with Gasteiger partial charge in [-0.1, -0.05) is 115 Å². The van der Waals surface area contributed by atoms with Gasteiger partial charge < -0.3 is 13.4 Å². The van der Waals surface area contributed by atoms with Crippen LogP contribution in [0.3, 0.4) is 0 Å².